The molecule has 0 unspecified atom stereocenters. The Bertz CT molecular complexity index is 1190. The molecular formula is C25H21F3N2O5. The van der Waals surface area contributed by atoms with Gasteiger partial charge in [-0.05, 0) is 71.8 Å². The summed E-state index contributed by atoms with van der Waals surface area (Å²) in [7, 11) is 0. The van der Waals surface area contributed by atoms with E-state index in [0.717, 1.165) is 0 Å². The summed E-state index contributed by atoms with van der Waals surface area (Å²) >= 11 is 0. The monoisotopic (exact) mass is 486 g/mol. The Morgan fingerprint density at radius 1 is 0.857 bits per heavy atom. The molecule has 35 heavy (non-hydrogen) atoms. The lowest BCUT2D eigenvalue weighted by Crippen LogP contribution is -2.19. The van der Waals surface area contributed by atoms with E-state index >= 15 is 0 Å². The van der Waals surface area contributed by atoms with E-state index in [0.29, 0.717) is 22.5 Å². The highest BCUT2D eigenvalue weighted by atomic mass is 19.4. The molecule has 0 bridgehead atoms. The van der Waals surface area contributed by atoms with Crippen molar-refractivity contribution >= 4 is 29.4 Å². The van der Waals surface area contributed by atoms with Gasteiger partial charge in [0.25, 0.3) is 0 Å². The maximum Gasteiger partial charge on any atom is 0.422 e. The number of carbonyl (C=O) groups is 2. The summed E-state index contributed by atoms with van der Waals surface area (Å²) in [5, 5.41) is 0. The lowest BCUT2D eigenvalue weighted by atomic mass is 10.2. The summed E-state index contributed by atoms with van der Waals surface area (Å²) in [6.07, 6.45) is -1.67. The number of hydrogen-bond acceptors (Lipinski definition) is 7. The SMILES string of the molecule is Nc1cc(N)cc(COC(=O)C=Cc2ccc(OC(=O)c3ccc(OCC(F)(F)F)cc3)cc2)c1. The van der Waals surface area contributed by atoms with Gasteiger partial charge >= 0.3 is 18.1 Å². The Kier molecular flexibility index (Phi) is 7.98. The van der Waals surface area contributed by atoms with Gasteiger partial charge in [0, 0.05) is 17.5 Å². The molecular weight excluding hydrogens is 465 g/mol. The maximum absolute atomic E-state index is 12.2. The van der Waals surface area contributed by atoms with Gasteiger partial charge in [-0.15, -0.1) is 0 Å². The highest BCUT2D eigenvalue weighted by molar-refractivity contribution is 5.91. The standard InChI is InChI=1S/C25H21F3N2O5/c26-25(27,28)15-34-21-8-4-18(5-9-21)24(32)35-22-6-1-16(2-7-22)3-10-23(31)33-14-17-11-19(29)13-20(30)12-17/h1-13H,14-15,29-30H2. The fourth-order valence-electron chi connectivity index (χ4n) is 2.86. The number of hydrogen-bond donors (Lipinski definition) is 2. The van der Waals surface area contributed by atoms with Gasteiger partial charge in [0.1, 0.15) is 18.1 Å². The van der Waals surface area contributed by atoms with Gasteiger partial charge in [0.05, 0.1) is 5.56 Å². The van der Waals surface area contributed by atoms with Gasteiger partial charge in [-0.2, -0.15) is 13.2 Å². The van der Waals surface area contributed by atoms with Gasteiger partial charge in [-0.3, -0.25) is 0 Å². The van der Waals surface area contributed by atoms with E-state index in [1.165, 1.54) is 48.6 Å². The van der Waals surface area contributed by atoms with Crippen LogP contribution in [0.4, 0.5) is 24.5 Å². The van der Waals surface area contributed by atoms with Crippen molar-refractivity contribution in [2.45, 2.75) is 12.8 Å². The minimum atomic E-state index is -4.45. The van der Waals surface area contributed by atoms with Gasteiger partial charge in [-0.1, -0.05) is 12.1 Å². The van der Waals surface area contributed by atoms with Crippen LogP contribution in [0.5, 0.6) is 11.5 Å². The molecule has 10 heteroatoms. The third-order valence-corrected chi connectivity index (χ3v) is 4.41. The molecule has 182 valence electrons. The molecule has 3 aromatic rings. The van der Waals surface area contributed by atoms with Crippen molar-refractivity contribution in [3.8, 4) is 11.5 Å². The number of esters is 2. The van der Waals surface area contributed by atoms with Crippen molar-refractivity contribution < 1.29 is 37.0 Å². The summed E-state index contributed by atoms with van der Waals surface area (Å²) in [5.74, 6) is -1.04. The predicted octanol–water partition coefficient (Wildman–Crippen LogP) is 4.77. The summed E-state index contributed by atoms with van der Waals surface area (Å²) in [4.78, 5) is 24.2. The molecule has 7 nitrogen and oxygen atoms in total. The van der Waals surface area contributed by atoms with Crippen molar-refractivity contribution in [1.82, 2.24) is 0 Å². The summed E-state index contributed by atoms with van der Waals surface area (Å²) in [5.41, 5.74) is 13.8. The van der Waals surface area contributed by atoms with Crippen LogP contribution in [0.15, 0.2) is 72.8 Å². The Morgan fingerprint density at radius 3 is 2.06 bits per heavy atom. The van der Waals surface area contributed by atoms with Crippen molar-refractivity contribution in [1.29, 1.82) is 0 Å². The first-order chi connectivity index (χ1) is 16.6. The first kappa shape index (κ1) is 25.2. The van der Waals surface area contributed by atoms with Crippen LogP contribution in [0.1, 0.15) is 21.5 Å². The van der Waals surface area contributed by atoms with Crippen LogP contribution in [-0.2, 0) is 16.1 Å². The third-order valence-electron chi connectivity index (χ3n) is 4.41. The second kappa shape index (κ2) is 11.1. The molecule has 0 atom stereocenters. The van der Waals surface area contributed by atoms with E-state index < -0.39 is 24.7 Å². The first-order valence-electron chi connectivity index (χ1n) is 10.2. The second-order valence-electron chi connectivity index (χ2n) is 7.34. The molecule has 0 saturated heterocycles. The van der Waals surface area contributed by atoms with E-state index in [1.54, 1.807) is 30.3 Å². The van der Waals surface area contributed by atoms with Crippen LogP contribution in [0.2, 0.25) is 0 Å². The Labute approximate surface area is 198 Å². The van der Waals surface area contributed by atoms with E-state index in [1.807, 2.05) is 0 Å². The van der Waals surface area contributed by atoms with Crippen molar-refractivity contribution in [3.63, 3.8) is 0 Å². The van der Waals surface area contributed by atoms with Gasteiger partial charge in [0.15, 0.2) is 6.61 Å². The number of carbonyl (C=O) groups excluding carboxylic acids is 2. The Balaban J connectivity index is 1.49. The fraction of sp³-hybridized carbons (Fsp3) is 0.120. The minimum absolute atomic E-state index is 0.0166. The molecule has 0 amide bonds. The zero-order valence-corrected chi connectivity index (χ0v) is 18.2. The maximum atomic E-state index is 12.2. The molecule has 0 fully saturated rings. The highest BCUT2D eigenvalue weighted by Gasteiger charge is 2.28. The molecule has 0 saturated carbocycles. The van der Waals surface area contributed by atoms with Crippen LogP contribution in [0.25, 0.3) is 6.08 Å². The first-order valence-corrected chi connectivity index (χ1v) is 10.2. The van der Waals surface area contributed by atoms with Crippen LogP contribution in [0.3, 0.4) is 0 Å². The molecule has 3 aromatic carbocycles. The number of nitrogens with two attached hydrogens (primary N) is 2. The number of anilines is 2. The van der Waals surface area contributed by atoms with Crippen molar-refractivity contribution in [2.75, 3.05) is 18.1 Å². The number of benzene rings is 3. The number of ether oxygens (including phenoxy) is 3. The normalized spacial score (nSPS) is 11.3. The Hall–Kier alpha value is -4.47. The highest BCUT2D eigenvalue weighted by Crippen LogP contribution is 2.20. The molecule has 0 aliphatic carbocycles. The third kappa shape index (κ3) is 8.43. The van der Waals surface area contributed by atoms with Crippen LogP contribution < -0.4 is 20.9 Å². The zero-order valence-electron chi connectivity index (χ0n) is 18.2. The molecule has 0 radical (unpaired) electrons. The van der Waals surface area contributed by atoms with Crippen LogP contribution in [0, 0.1) is 0 Å². The smallest absolute Gasteiger partial charge is 0.422 e. The van der Waals surface area contributed by atoms with E-state index in [4.69, 9.17) is 20.9 Å². The topological polar surface area (TPSA) is 114 Å². The zero-order chi connectivity index (χ0) is 25.4. The second-order valence-corrected chi connectivity index (χ2v) is 7.34. The molecule has 4 N–H and O–H groups in total. The van der Waals surface area contributed by atoms with Crippen molar-refractivity contribution in [2.24, 2.45) is 0 Å². The molecule has 0 aromatic heterocycles. The predicted molar refractivity (Wildman–Crippen MR) is 123 cm³/mol. The lowest BCUT2D eigenvalue weighted by Gasteiger charge is -2.09. The van der Waals surface area contributed by atoms with Crippen LogP contribution in [-0.4, -0.2) is 24.7 Å². The lowest BCUT2D eigenvalue weighted by molar-refractivity contribution is -0.153. The number of nitrogen functional groups attached to an aromatic ring is 2. The Morgan fingerprint density at radius 2 is 1.46 bits per heavy atom. The number of alkyl halides is 3. The number of halogens is 3. The van der Waals surface area contributed by atoms with Crippen LogP contribution >= 0.6 is 0 Å². The minimum Gasteiger partial charge on any atom is -0.484 e. The summed E-state index contributed by atoms with van der Waals surface area (Å²) < 4.78 is 51.6. The molecule has 3 rings (SSSR count). The summed E-state index contributed by atoms with van der Waals surface area (Å²) in [6, 6.07) is 16.3. The number of rotatable bonds is 8. The van der Waals surface area contributed by atoms with E-state index in [-0.39, 0.29) is 23.7 Å². The molecule has 0 heterocycles. The van der Waals surface area contributed by atoms with Gasteiger partial charge < -0.3 is 25.7 Å². The molecule has 0 aliphatic rings. The van der Waals surface area contributed by atoms with E-state index in [2.05, 4.69) is 4.74 Å². The molecule has 0 spiro atoms. The molecule has 0 aliphatic heterocycles. The van der Waals surface area contributed by atoms with Gasteiger partial charge in [-0.25, -0.2) is 9.59 Å². The largest absolute Gasteiger partial charge is 0.484 e. The van der Waals surface area contributed by atoms with E-state index in [9.17, 15) is 22.8 Å². The van der Waals surface area contributed by atoms with Gasteiger partial charge in [0.2, 0.25) is 0 Å². The quantitative estimate of drug-likeness (QED) is 0.204. The average molecular weight is 486 g/mol. The fourth-order valence-corrected chi connectivity index (χ4v) is 2.86. The average Bonchev–Trinajstić information content (AvgIpc) is 2.80. The van der Waals surface area contributed by atoms with Crippen molar-refractivity contribution in [3.05, 3.63) is 89.5 Å². The summed E-state index contributed by atoms with van der Waals surface area (Å²) in [6.45, 7) is -1.41.